The molecule has 3 rings (SSSR count). The highest BCUT2D eigenvalue weighted by molar-refractivity contribution is 7.98. The summed E-state index contributed by atoms with van der Waals surface area (Å²) >= 11 is 1.74. The van der Waals surface area contributed by atoms with Crippen molar-refractivity contribution in [3.05, 3.63) is 36.0 Å². The molecule has 2 unspecified atom stereocenters. The summed E-state index contributed by atoms with van der Waals surface area (Å²) in [4.78, 5) is 1.26. The Kier molecular flexibility index (Phi) is 4.66. The van der Waals surface area contributed by atoms with E-state index in [9.17, 15) is 0 Å². The molecule has 1 saturated carbocycles. The number of rotatable bonds is 5. The van der Waals surface area contributed by atoms with Crippen LogP contribution in [0.15, 0.2) is 39.8 Å². The van der Waals surface area contributed by atoms with Gasteiger partial charge in [-0.1, -0.05) is 24.2 Å². The van der Waals surface area contributed by atoms with Gasteiger partial charge in [-0.3, -0.25) is 0 Å². The second-order valence-electron chi connectivity index (χ2n) is 5.91. The highest BCUT2D eigenvalue weighted by atomic mass is 32.2. The molecule has 0 radical (unpaired) electrons. The third-order valence-electron chi connectivity index (χ3n) is 4.20. The zero-order valence-electron chi connectivity index (χ0n) is 12.6. The fourth-order valence-electron chi connectivity index (χ4n) is 2.93. The summed E-state index contributed by atoms with van der Waals surface area (Å²) < 4.78 is 5.46. The predicted octanol–water partition coefficient (Wildman–Crippen LogP) is 4.34. The van der Waals surface area contributed by atoms with Crippen molar-refractivity contribution in [1.29, 1.82) is 0 Å². The average molecular weight is 302 g/mol. The molecular formula is C17H22N2OS. The van der Waals surface area contributed by atoms with Crippen molar-refractivity contribution >= 4 is 11.8 Å². The van der Waals surface area contributed by atoms with Gasteiger partial charge in [-0.25, -0.2) is 0 Å². The second kappa shape index (κ2) is 6.67. The first-order valence-corrected chi connectivity index (χ1v) is 8.80. The van der Waals surface area contributed by atoms with Crippen LogP contribution in [0, 0.1) is 5.92 Å². The van der Waals surface area contributed by atoms with Gasteiger partial charge in [0.25, 0.3) is 0 Å². The van der Waals surface area contributed by atoms with Crippen LogP contribution in [0.2, 0.25) is 0 Å². The van der Waals surface area contributed by atoms with E-state index in [0.29, 0.717) is 6.04 Å². The Morgan fingerprint density at radius 2 is 2.10 bits per heavy atom. The molecule has 2 aromatic rings. The molecule has 0 saturated heterocycles. The molecule has 0 spiro atoms. The van der Waals surface area contributed by atoms with E-state index in [2.05, 4.69) is 47.9 Å². The highest BCUT2D eigenvalue weighted by Gasteiger charge is 2.20. The van der Waals surface area contributed by atoms with Gasteiger partial charge in [-0.2, -0.15) is 0 Å². The van der Waals surface area contributed by atoms with Gasteiger partial charge < -0.3 is 9.84 Å². The van der Waals surface area contributed by atoms with Crippen molar-refractivity contribution in [2.75, 3.05) is 6.26 Å². The molecule has 1 aromatic heterocycles. The average Bonchev–Trinajstić information content (AvgIpc) is 3.14. The van der Waals surface area contributed by atoms with E-state index in [-0.39, 0.29) is 0 Å². The van der Waals surface area contributed by atoms with Gasteiger partial charge in [0.05, 0.1) is 5.69 Å². The number of hydrogen-bond acceptors (Lipinski definition) is 4. The normalized spacial score (nSPS) is 21.8. The summed E-state index contributed by atoms with van der Waals surface area (Å²) in [6.45, 7) is 3.12. The lowest BCUT2D eigenvalue weighted by Gasteiger charge is -2.10. The van der Waals surface area contributed by atoms with E-state index in [1.807, 2.05) is 6.07 Å². The lowest BCUT2D eigenvalue weighted by atomic mass is 10.1. The summed E-state index contributed by atoms with van der Waals surface area (Å²) in [5.41, 5.74) is 2.07. The van der Waals surface area contributed by atoms with Crippen LogP contribution in [0.3, 0.4) is 0 Å². The minimum atomic E-state index is 0.640. The van der Waals surface area contributed by atoms with E-state index in [1.165, 1.54) is 24.2 Å². The minimum absolute atomic E-state index is 0.640. The topological polar surface area (TPSA) is 38.1 Å². The van der Waals surface area contributed by atoms with Gasteiger partial charge in [0.2, 0.25) is 0 Å². The van der Waals surface area contributed by atoms with Gasteiger partial charge in [0.1, 0.15) is 0 Å². The molecule has 1 aromatic carbocycles. The van der Waals surface area contributed by atoms with E-state index < -0.39 is 0 Å². The molecule has 1 heterocycles. The molecule has 1 N–H and O–H groups in total. The SMILES string of the molecule is CSc1ccc(-c2cc(CNC3CCC(C)C3)no2)cc1. The largest absolute Gasteiger partial charge is 0.356 e. The van der Waals surface area contributed by atoms with Gasteiger partial charge in [0.15, 0.2) is 5.76 Å². The van der Waals surface area contributed by atoms with E-state index in [0.717, 1.165) is 29.5 Å². The first-order valence-electron chi connectivity index (χ1n) is 7.58. The quantitative estimate of drug-likeness (QED) is 0.834. The maximum atomic E-state index is 5.46. The number of nitrogens with one attached hydrogen (secondary N) is 1. The van der Waals surface area contributed by atoms with Crippen LogP contribution in [0.4, 0.5) is 0 Å². The molecular weight excluding hydrogens is 280 g/mol. The Bertz CT molecular complexity index is 579. The summed E-state index contributed by atoms with van der Waals surface area (Å²) in [5, 5.41) is 7.76. The number of thioether (sulfide) groups is 1. The standard InChI is InChI=1S/C17H22N2OS/c1-12-3-6-14(9-12)18-11-15-10-17(20-19-15)13-4-7-16(21-2)8-5-13/h4-5,7-8,10,12,14,18H,3,6,9,11H2,1-2H3. The molecule has 1 aliphatic carbocycles. The third kappa shape index (κ3) is 3.69. The van der Waals surface area contributed by atoms with Crippen molar-refractivity contribution in [1.82, 2.24) is 10.5 Å². The van der Waals surface area contributed by atoms with Crippen LogP contribution in [-0.2, 0) is 6.54 Å². The van der Waals surface area contributed by atoms with Crippen LogP contribution in [0.25, 0.3) is 11.3 Å². The predicted molar refractivity (Wildman–Crippen MR) is 87.4 cm³/mol. The van der Waals surface area contributed by atoms with Gasteiger partial charge in [-0.05, 0) is 43.6 Å². The molecule has 0 amide bonds. The van der Waals surface area contributed by atoms with Gasteiger partial charge in [-0.15, -0.1) is 11.8 Å². The number of hydrogen-bond donors (Lipinski definition) is 1. The van der Waals surface area contributed by atoms with Crippen LogP contribution in [0.5, 0.6) is 0 Å². The Hall–Kier alpha value is -1.26. The molecule has 4 heteroatoms. The van der Waals surface area contributed by atoms with E-state index in [4.69, 9.17) is 4.52 Å². The summed E-state index contributed by atoms with van der Waals surface area (Å²) in [5.74, 6) is 1.70. The lowest BCUT2D eigenvalue weighted by Crippen LogP contribution is -2.25. The smallest absolute Gasteiger partial charge is 0.167 e. The third-order valence-corrected chi connectivity index (χ3v) is 4.94. The van der Waals surface area contributed by atoms with Crippen molar-refractivity contribution in [3.63, 3.8) is 0 Å². The van der Waals surface area contributed by atoms with Crippen molar-refractivity contribution in [2.45, 2.75) is 43.7 Å². The minimum Gasteiger partial charge on any atom is -0.356 e. The Morgan fingerprint density at radius 3 is 2.76 bits per heavy atom. The summed E-state index contributed by atoms with van der Waals surface area (Å²) in [7, 11) is 0. The number of benzene rings is 1. The Labute approximate surface area is 130 Å². The molecule has 3 nitrogen and oxygen atoms in total. The fraction of sp³-hybridized carbons (Fsp3) is 0.471. The molecule has 0 aliphatic heterocycles. The first-order chi connectivity index (χ1) is 10.2. The number of aromatic nitrogens is 1. The Balaban J connectivity index is 1.60. The monoisotopic (exact) mass is 302 g/mol. The summed E-state index contributed by atoms with van der Waals surface area (Å²) in [6, 6.07) is 11.1. The summed E-state index contributed by atoms with van der Waals surface area (Å²) in [6.07, 6.45) is 5.98. The zero-order chi connectivity index (χ0) is 14.7. The maximum absolute atomic E-state index is 5.46. The Morgan fingerprint density at radius 1 is 1.29 bits per heavy atom. The molecule has 1 fully saturated rings. The van der Waals surface area contributed by atoms with Crippen LogP contribution in [0.1, 0.15) is 31.9 Å². The molecule has 112 valence electrons. The second-order valence-corrected chi connectivity index (χ2v) is 6.79. The van der Waals surface area contributed by atoms with Crippen molar-refractivity contribution in [3.8, 4) is 11.3 Å². The molecule has 2 atom stereocenters. The van der Waals surface area contributed by atoms with Crippen molar-refractivity contribution < 1.29 is 4.52 Å². The first kappa shape index (κ1) is 14.7. The van der Waals surface area contributed by atoms with Crippen molar-refractivity contribution in [2.24, 2.45) is 5.92 Å². The maximum Gasteiger partial charge on any atom is 0.167 e. The van der Waals surface area contributed by atoms with E-state index in [1.54, 1.807) is 11.8 Å². The molecule has 1 aliphatic rings. The highest BCUT2D eigenvalue weighted by Crippen LogP contribution is 2.26. The molecule has 0 bridgehead atoms. The number of nitrogens with zero attached hydrogens (tertiary/aromatic N) is 1. The lowest BCUT2D eigenvalue weighted by molar-refractivity contribution is 0.413. The zero-order valence-corrected chi connectivity index (χ0v) is 13.5. The van der Waals surface area contributed by atoms with Crippen LogP contribution < -0.4 is 5.32 Å². The van der Waals surface area contributed by atoms with E-state index >= 15 is 0 Å². The van der Waals surface area contributed by atoms with Gasteiger partial charge in [0, 0.05) is 29.1 Å². The van der Waals surface area contributed by atoms with Gasteiger partial charge >= 0.3 is 0 Å². The molecule has 21 heavy (non-hydrogen) atoms. The van der Waals surface area contributed by atoms with Crippen LogP contribution in [-0.4, -0.2) is 17.5 Å². The fourth-order valence-corrected chi connectivity index (χ4v) is 3.34. The van der Waals surface area contributed by atoms with Crippen LogP contribution >= 0.6 is 11.8 Å².